The van der Waals surface area contributed by atoms with Gasteiger partial charge in [0.1, 0.15) is 0 Å². The van der Waals surface area contributed by atoms with Crippen molar-refractivity contribution in [1.29, 1.82) is 0 Å². The van der Waals surface area contributed by atoms with Gasteiger partial charge in [0, 0.05) is 32.6 Å². The van der Waals surface area contributed by atoms with Crippen LogP contribution in [0.15, 0.2) is 18.2 Å². The van der Waals surface area contributed by atoms with E-state index in [0.29, 0.717) is 30.9 Å². The van der Waals surface area contributed by atoms with Crippen molar-refractivity contribution < 1.29 is 23.9 Å². The van der Waals surface area contributed by atoms with Gasteiger partial charge in [0.2, 0.25) is 5.91 Å². The van der Waals surface area contributed by atoms with Gasteiger partial charge in [-0.1, -0.05) is 19.4 Å². The molecule has 0 spiro atoms. The van der Waals surface area contributed by atoms with Gasteiger partial charge in [0.25, 0.3) is 0 Å². The highest BCUT2D eigenvalue weighted by Gasteiger charge is 2.37. The third kappa shape index (κ3) is 7.37. The Morgan fingerprint density at radius 3 is 2.46 bits per heavy atom. The third-order valence-corrected chi connectivity index (χ3v) is 7.09. The van der Waals surface area contributed by atoms with Gasteiger partial charge in [-0.25, -0.2) is 9.59 Å². The van der Waals surface area contributed by atoms with E-state index in [1.54, 1.807) is 9.80 Å². The lowest BCUT2D eigenvalue weighted by atomic mass is 9.92. The molecule has 2 aliphatic heterocycles. The number of likely N-dealkylation sites (tertiary alicyclic amines) is 1. The summed E-state index contributed by atoms with van der Waals surface area (Å²) < 4.78 is 10.6. The number of carbonyl (C=O) groups excluding carboxylic acids is 3. The summed E-state index contributed by atoms with van der Waals surface area (Å²) in [6.07, 6.45) is 4.75. The Kier molecular flexibility index (Phi) is 10.6. The van der Waals surface area contributed by atoms with Crippen LogP contribution in [-0.2, 0) is 14.3 Å². The summed E-state index contributed by atoms with van der Waals surface area (Å²) in [6.45, 7) is 11.1. The van der Waals surface area contributed by atoms with Gasteiger partial charge < -0.3 is 19.7 Å². The predicted molar refractivity (Wildman–Crippen MR) is 145 cm³/mol. The van der Waals surface area contributed by atoms with E-state index in [-0.39, 0.29) is 24.0 Å². The first-order valence-corrected chi connectivity index (χ1v) is 13.7. The van der Waals surface area contributed by atoms with Crippen LogP contribution in [0.4, 0.5) is 21.0 Å². The summed E-state index contributed by atoms with van der Waals surface area (Å²) in [6, 6.07) is 5.66. The van der Waals surface area contributed by atoms with Gasteiger partial charge in [0.05, 0.1) is 37.2 Å². The summed E-state index contributed by atoms with van der Waals surface area (Å²) in [5, 5.41) is 3.48. The number of amides is 3. The Morgan fingerprint density at radius 2 is 1.81 bits per heavy atom. The molecule has 1 aromatic carbocycles. The number of methoxy groups -OCH3 is 1. The van der Waals surface area contributed by atoms with Crippen LogP contribution in [0.1, 0.15) is 77.7 Å². The zero-order chi connectivity index (χ0) is 26.9. The number of nitrogens with zero attached hydrogens (tertiary/aromatic N) is 3. The maximum absolute atomic E-state index is 13.0. The molecular formula is C28H44N4O5. The second-order valence-electron chi connectivity index (χ2n) is 10.4. The van der Waals surface area contributed by atoms with E-state index in [2.05, 4.69) is 12.2 Å². The summed E-state index contributed by atoms with van der Waals surface area (Å²) in [7, 11) is 1.36. The lowest BCUT2D eigenvalue weighted by molar-refractivity contribution is -0.131. The first kappa shape index (κ1) is 28.8. The van der Waals surface area contributed by atoms with Gasteiger partial charge in [-0.05, 0) is 70.1 Å². The van der Waals surface area contributed by atoms with Gasteiger partial charge in [-0.2, -0.15) is 0 Å². The first-order valence-electron chi connectivity index (χ1n) is 13.7. The summed E-state index contributed by atoms with van der Waals surface area (Å²) in [5.41, 5.74) is 2.36. The van der Waals surface area contributed by atoms with Crippen molar-refractivity contribution in [3.05, 3.63) is 23.8 Å². The molecule has 37 heavy (non-hydrogen) atoms. The predicted octanol–water partition coefficient (Wildman–Crippen LogP) is 4.89. The van der Waals surface area contributed by atoms with Crippen molar-refractivity contribution >= 4 is 29.5 Å². The number of nitrogens with one attached hydrogen (secondary N) is 1. The maximum Gasteiger partial charge on any atom is 0.414 e. The fourth-order valence-corrected chi connectivity index (χ4v) is 5.22. The number of benzene rings is 1. The number of anilines is 2. The molecule has 0 radical (unpaired) electrons. The molecule has 9 nitrogen and oxygen atoms in total. The standard InChI is InChI=1S/C28H44N4O5/c1-6-10-23(18-29-14-13-26(33)30-15-8-7-9-16-30)22-11-12-24-25(17-22)31(27(34)37-20(2)3)19-21(4)32(24)28(35)36-5/h11-12,17,20-21,23,29H,6-10,13-16,18-19H2,1-5H3. The average Bonchev–Trinajstić information content (AvgIpc) is 2.89. The minimum Gasteiger partial charge on any atom is -0.452 e. The highest BCUT2D eigenvalue weighted by atomic mass is 16.6. The topological polar surface area (TPSA) is 91.4 Å². The molecule has 0 bridgehead atoms. The Balaban J connectivity index is 1.77. The Labute approximate surface area is 221 Å². The molecule has 9 heteroatoms. The number of piperidine rings is 1. The van der Waals surface area contributed by atoms with Crippen molar-refractivity contribution in [3.63, 3.8) is 0 Å². The molecule has 206 valence electrons. The van der Waals surface area contributed by atoms with Crippen LogP contribution in [0.3, 0.4) is 0 Å². The van der Waals surface area contributed by atoms with Crippen LogP contribution in [0.25, 0.3) is 0 Å². The number of hydrogen-bond acceptors (Lipinski definition) is 6. The third-order valence-electron chi connectivity index (χ3n) is 7.09. The van der Waals surface area contributed by atoms with E-state index in [1.165, 1.54) is 13.5 Å². The summed E-state index contributed by atoms with van der Waals surface area (Å²) >= 11 is 0. The van der Waals surface area contributed by atoms with Crippen molar-refractivity contribution in [2.75, 3.05) is 49.6 Å². The van der Waals surface area contributed by atoms with Gasteiger partial charge >= 0.3 is 12.2 Å². The molecule has 2 heterocycles. The lowest BCUT2D eigenvalue weighted by Gasteiger charge is -2.40. The van der Waals surface area contributed by atoms with Crippen LogP contribution in [-0.4, -0.2) is 75.0 Å². The van der Waals surface area contributed by atoms with E-state index < -0.39 is 12.2 Å². The molecule has 1 aromatic rings. The monoisotopic (exact) mass is 516 g/mol. The molecular weight excluding hydrogens is 472 g/mol. The van der Waals surface area contributed by atoms with E-state index in [1.807, 2.05) is 43.9 Å². The fourth-order valence-electron chi connectivity index (χ4n) is 5.22. The molecule has 3 amide bonds. The average molecular weight is 517 g/mol. The molecule has 1 saturated heterocycles. The van der Waals surface area contributed by atoms with Crippen molar-refractivity contribution in [3.8, 4) is 0 Å². The highest BCUT2D eigenvalue weighted by Crippen LogP contribution is 2.39. The zero-order valence-corrected chi connectivity index (χ0v) is 23.1. The van der Waals surface area contributed by atoms with Gasteiger partial charge in [0.15, 0.2) is 0 Å². The van der Waals surface area contributed by atoms with Crippen LogP contribution in [0.5, 0.6) is 0 Å². The highest BCUT2D eigenvalue weighted by molar-refractivity contribution is 6.01. The molecule has 2 unspecified atom stereocenters. The van der Waals surface area contributed by atoms with Crippen molar-refractivity contribution in [2.24, 2.45) is 0 Å². The molecule has 2 aliphatic rings. The van der Waals surface area contributed by atoms with E-state index in [0.717, 1.165) is 50.9 Å². The Morgan fingerprint density at radius 1 is 1.08 bits per heavy atom. The minimum atomic E-state index is -0.455. The van der Waals surface area contributed by atoms with E-state index in [9.17, 15) is 14.4 Å². The largest absolute Gasteiger partial charge is 0.452 e. The number of hydrogen-bond donors (Lipinski definition) is 1. The smallest absolute Gasteiger partial charge is 0.414 e. The first-order chi connectivity index (χ1) is 17.8. The molecule has 1 N–H and O–H groups in total. The van der Waals surface area contributed by atoms with E-state index in [4.69, 9.17) is 9.47 Å². The molecule has 3 rings (SSSR count). The number of fused-ring (bicyclic) bond motifs is 1. The van der Waals surface area contributed by atoms with Gasteiger partial charge in [-0.15, -0.1) is 0 Å². The van der Waals surface area contributed by atoms with Crippen LogP contribution in [0, 0.1) is 0 Å². The van der Waals surface area contributed by atoms with E-state index >= 15 is 0 Å². The summed E-state index contributed by atoms with van der Waals surface area (Å²) in [5.74, 6) is 0.429. The molecule has 2 atom stereocenters. The molecule has 0 aromatic heterocycles. The molecule has 0 saturated carbocycles. The Bertz CT molecular complexity index is 931. The van der Waals surface area contributed by atoms with Crippen molar-refractivity contribution in [2.45, 2.75) is 84.3 Å². The summed E-state index contributed by atoms with van der Waals surface area (Å²) in [4.78, 5) is 43.3. The SMILES string of the molecule is CCCC(CNCCC(=O)N1CCCCC1)c1ccc2c(c1)N(C(=O)OC(C)C)CC(C)N2C(=O)OC. The number of carbonyl (C=O) groups is 3. The minimum absolute atomic E-state index is 0.203. The fraction of sp³-hybridized carbons (Fsp3) is 0.679. The normalized spacial score (nSPS) is 18.4. The number of ether oxygens (including phenoxy) is 2. The van der Waals surface area contributed by atoms with Crippen molar-refractivity contribution in [1.82, 2.24) is 10.2 Å². The quantitative estimate of drug-likeness (QED) is 0.470. The molecule has 0 aliphatic carbocycles. The van der Waals surface area contributed by atoms with Gasteiger partial charge in [-0.3, -0.25) is 14.6 Å². The van der Waals surface area contributed by atoms with Crippen LogP contribution in [0.2, 0.25) is 0 Å². The lowest BCUT2D eigenvalue weighted by Crippen LogP contribution is -2.52. The zero-order valence-electron chi connectivity index (χ0n) is 23.1. The Hall–Kier alpha value is -2.81. The van der Waals surface area contributed by atoms with Crippen LogP contribution >= 0.6 is 0 Å². The second-order valence-corrected chi connectivity index (χ2v) is 10.4. The number of rotatable bonds is 9. The second kappa shape index (κ2) is 13.7. The van der Waals surface area contributed by atoms with Crippen LogP contribution < -0.4 is 15.1 Å². The maximum atomic E-state index is 13.0. The molecule has 1 fully saturated rings.